The molecule has 0 amide bonds. The SMILES string of the molecule is c1ccc(C2CCN(C3COC4(CNC4)C3)CC2)c(OC2CC3(COC3)C2)c1. The van der Waals surface area contributed by atoms with Crippen LogP contribution in [0, 0.1) is 5.41 Å². The van der Waals surface area contributed by atoms with Gasteiger partial charge in [0.15, 0.2) is 0 Å². The number of ether oxygens (including phenoxy) is 3. The predicted octanol–water partition coefficient (Wildman–Crippen LogP) is 2.55. The van der Waals surface area contributed by atoms with Crippen molar-refractivity contribution in [1.82, 2.24) is 10.2 Å². The number of likely N-dealkylation sites (tertiary alicyclic amines) is 1. The van der Waals surface area contributed by atoms with Gasteiger partial charge in [0.25, 0.3) is 0 Å². The van der Waals surface area contributed by atoms with E-state index in [4.69, 9.17) is 14.2 Å². The molecule has 5 nitrogen and oxygen atoms in total. The molecular formula is C23H32N2O3. The molecule has 0 aromatic heterocycles. The van der Waals surface area contributed by atoms with Crippen LogP contribution >= 0.6 is 0 Å². The molecule has 1 saturated carbocycles. The topological polar surface area (TPSA) is 43.0 Å². The lowest BCUT2D eigenvalue weighted by Gasteiger charge is -2.52. The molecule has 6 rings (SSSR count). The van der Waals surface area contributed by atoms with Crippen LogP contribution < -0.4 is 10.1 Å². The molecule has 4 heterocycles. The molecule has 1 atom stereocenters. The van der Waals surface area contributed by atoms with Gasteiger partial charge in [-0.3, -0.25) is 4.90 Å². The van der Waals surface area contributed by atoms with Crippen LogP contribution in [0.1, 0.15) is 43.6 Å². The Morgan fingerprint density at radius 3 is 2.46 bits per heavy atom. The van der Waals surface area contributed by atoms with E-state index in [2.05, 4.69) is 34.5 Å². The Kier molecular flexibility index (Phi) is 4.23. The van der Waals surface area contributed by atoms with Crippen molar-refractivity contribution in [3.8, 4) is 5.75 Å². The largest absolute Gasteiger partial charge is 0.490 e. The van der Waals surface area contributed by atoms with Crippen LogP contribution in [0.25, 0.3) is 0 Å². The van der Waals surface area contributed by atoms with Gasteiger partial charge in [-0.05, 0) is 62.7 Å². The fourth-order valence-corrected chi connectivity index (χ4v) is 6.00. The normalized spacial score (nSPS) is 32.1. The minimum atomic E-state index is 0.160. The minimum absolute atomic E-state index is 0.160. The number of rotatable bonds is 4. The maximum Gasteiger partial charge on any atom is 0.123 e. The van der Waals surface area contributed by atoms with Gasteiger partial charge in [0.2, 0.25) is 0 Å². The van der Waals surface area contributed by atoms with E-state index in [1.165, 1.54) is 37.9 Å². The van der Waals surface area contributed by atoms with Gasteiger partial charge in [0.1, 0.15) is 11.9 Å². The molecule has 152 valence electrons. The van der Waals surface area contributed by atoms with Crippen LogP contribution in [-0.2, 0) is 9.47 Å². The smallest absolute Gasteiger partial charge is 0.123 e. The Hall–Kier alpha value is -1.14. The van der Waals surface area contributed by atoms with Crippen LogP contribution in [0.3, 0.4) is 0 Å². The molecule has 1 aromatic rings. The van der Waals surface area contributed by atoms with Crippen molar-refractivity contribution in [3.05, 3.63) is 29.8 Å². The molecule has 5 heteroatoms. The Labute approximate surface area is 167 Å². The van der Waals surface area contributed by atoms with Crippen LogP contribution in [0.5, 0.6) is 5.75 Å². The second kappa shape index (κ2) is 6.69. The van der Waals surface area contributed by atoms with E-state index in [-0.39, 0.29) is 5.60 Å². The van der Waals surface area contributed by atoms with Crippen LogP contribution in [0.2, 0.25) is 0 Å². The van der Waals surface area contributed by atoms with Crippen molar-refractivity contribution in [1.29, 1.82) is 0 Å². The maximum atomic E-state index is 6.45. The highest BCUT2D eigenvalue weighted by Gasteiger charge is 2.51. The summed E-state index contributed by atoms with van der Waals surface area (Å²) >= 11 is 0. The molecule has 2 spiro atoms. The molecule has 1 aromatic carbocycles. The van der Waals surface area contributed by atoms with Crippen molar-refractivity contribution in [2.75, 3.05) is 46.0 Å². The zero-order chi connectivity index (χ0) is 18.6. The van der Waals surface area contributed by atoms with Crippen LogP contribution in [-0.4, -0.2) is 68.6 Å². The first kappa shape index (κ1) is 17.7. The van der Waals surface area contributed by atoms with E-state index in [1.54, 1.807) is 0 Å². The summed E-state index contributed by atoms with van der Waals surface area (Å²) in [7, 11) is 0. The summed E-state index contributed by atoms with van der Waals surface area (Å²) < 4.78 is 18.0. The summed E-state index contributed by atoms with van der Waals surface area (Å²) in [5.74, 6) is 1.75. The standard InChI is InChI=1S/C23H32N2O3/c1-2-4-21(28-19-10-22(11-19)15-26-16-22)20(3-1)17-5-7-25(8-6-17)18-9-23(27-12-18)13-24-14-23/h1-4,17-19,24H,5-16H2. The molecule has 4 saturated heterocycles. The Bertz CT molecular complexity index is 714. The second-order valence-corrected chi connectivity index (χ2v) is 9.94. The number of hydrogen-bond donors (Lipinski definition) is 1. The molecule has 5 fully saturated rings. The molecule has 28 heavy (non-hydrogen) atoms. The summed E-state index contributed by atoms with van der Waals surface area (Å²) in [6.45, 7) is 7.24. The first-order valence-corrected chi connectivity index (χ1v) is 11.1. The highest BCUT2D eigenvalue weighted by Crippen LogP contribution is 2.49. The van der Waals surface area contributed by atoms with Gasteiger partial charge in [0.05, 0.1) is 25.4 Å². The van der Waals surface area contributed by atoms with Crippen molar-refractivity contribution in [2.45, 2.75) is 55.8 Å². The molecule has 1 unspecified atom stereocenters. The van der Waals surface area contributed by atoms with Gasteiger partial charge >= 0.3 is 0 Å². The summed E-state index contributed by atoms with van der Waals surface area (Å²) in [6, 6.07) is 9.39. The molecule has 0 bridgehead atoms. The maximum absolute atomic E-state index is 6.45. The summed E-state index contributed by atoms with van der Waals surface area (Å²) in [5.41, 5.74) is 2.05. The Morgan fingerprint density at radius 1 is 1.04 bits per heavy atom. The average Bonchev–Trinajstić information content (AvgIpc) is 3.10. The lowest BCUT2D eigenvalue weighted by Crippen LogP contribution is -2.59. The molecule has 5 aliphatic rings. The van der Waals surface area contributed by atoms with Gasteiger partial charge in [-0.25, -0.2) is 0 Å². The average molecular weight is 385 g/mol. The number of nitrogens with zero attached hydrogens (tertiary/aromatic N) is 1. The van der Waals surface area contributed by atoms with Crippen LogP contribution in [0.4, 0.5) is 0 Å². The van der Waals surface area contributed by atoms with Crippen molar-refractivity contribution in [3.63, 3.8) is 0 Å². The number of hydrogen-bond acceptors (Lipinski definition) is 5. The highest BCUT2D eigenvalue weighted by atomic mass is 16.5. The molecule has 1 aliphatic carbocycles. The van der Waals surface area contributed by atoms with E-state index >= 15 is 0 Å². The third-order valence-corrected chi connectivity index (χ3v) is 7.92. The number of piperidine rings is 1. The molecule has 0 radical (unpaired) electrons. The predicted molar refractivity (Wildman–Crippen MR) is 107 cm³/mol. The van der Waals surface area contributed by atoms with Crippen molar-refractivity contribution < 1.29 is 14.2 Å². The first-order valence-electron chi connectivity index (χ1n) is 11.1. The Balaban J connectivity index is 1.06. The number of benzene rings is 1. The first-order chi connectivity index (χ1) is 13.7. The fourth-order valence-electron chi connectivity index (χ4n) is 6.00. The van der Waals surface area contributed by atoms with Crippen molar-refractivity contribution >= 4 is 0 Å². The van der Waals surface area contributed by atoms with E-state index in [9.17, 15) is 0 Å². The minimum Gasteiger partial charge on any atom is -0.490 e. The van der Waals surface area contributed by atoms with Crippen molar-refractivity contribution in [2.24, 2.45) is 5.41 Å². The van der Waals surface area contributed by atoms with E-state index < -0.39 is 0 Å². The summed E-state index contributed by atoms with van der Waals surface area (Å²) in [5, 5.41) is 3.38. The number of nitrogens with one attached hydrogen (secondary N) is 1. The zero-order valence-electron chi connectivity index (χ0n) is 16.7. The molecule has 1 N–H and O–H groups in total. The zero-order valence-corrected chi connectivity index (χ0v) is 16.7. The lowest BCUT2D eigenvalue weighted by atomic mass is 9.65. The third-order valence-electron chi connectivity index (χ3n) is 7.92. The highest BCUT2D eigenvalue weighted by molar-refractivity contribution is 5.37. The summed E-state index contributed by atoms with van der Waals surface area (Å²) in [6.07, 6.45) is 6.37. The Morgan fingerprint density at radius 2 is 1.82 bits per heavy atom. The summed E-state index contributed by atoms with van der Waals surface area (Å²) in [4.78, 5) is 2.68. The van der Waals surface area contributed by atoms with Gasteiger partial charge in [-0.15, -0.1) is 0 Å². The lowest BCUT2D eigenvalue weighted by molar-refractivity contribution is -0.191. The second-order valence-electron chi connectivity index (χ2n) is 9.94. The van der Waals surface area contributed by atoms with Gasteiger partial charge in [-0.2, -0.15) is 0 Å². The van der Waals surface area contributed by atoms with Gasteiger partial charge in [0, 0.05) is 24.5 Å². The molecule has 4 aliphatic heterocycles. The number of para-hydroxylation sites is 1. The van der Waals surface area contributed by atoms with E-state index in [0.717, 1.165) is 51.5 Å². The quantitative estimate of drug-likeness (QED) is 0.864. The van der Waals surface area contributed by atoms with Gasteiger partial charge in [-0.1, -0.05) is 18.2 Å². The third kappa shape index (κ3) is 2.98. The van der Waals surface area contributed by atoms with E-state index in [1.807, 2.05) is 0 Å². The van der Waals surface area contributed by atoms with Gasteiger partial charge < -0.3 is 19.5 Å². The van der Waals surface area contributed by atoms with Crippen LogP contribution in [0.15, 0.2) is 24.3 Å². The fraction of sp³-hybridized carbons (Fsp3) is 0.739. The van der Waals surface area contributed by atoms with E-state index in [0.29, 0.717) is 23.5 Å². The monoisotopic (exact) mass is 384 g/mol. The molecular weight excluding hydrogens is 352 g/mol.